The summed E-state index contributed by atoms with van der Waals surface area (Å²) in [5, 5.41) is 3.36. The molecule has 0 bridgehead atoms. The molecule has 0 amide bonds. The van der Waals surface area contributed by atoms with Crippen molar-refractivity contribution in [1.82, 2.24) is 5.16 Å². The number of nitrogens with two attached hydrogens (primary N) is 1. The lowest BCUT2D eigenvalue weighted by atomic mass is 10.2. The molecule has 1 rings (SSSR count). The predicted molar refractivity (Wildman–Crippen MR) is 52.8 cm³/mol. The van der Waals surface area contributed by atoms with Crippen molar-refractivity contribution in [2.24, 2.45) is 0 Å². The molecule has 16 heavy (non-hydrogen) atoms. The molecule has 0 saturated carbocycles. The summed E-state index contributed by atoms with van der Waals surface area (Å²) in [6.45, 7) is 3.58. The van der Waals surface area contributed by atoms with Gasteiger partial charge in [0.25, 0.3) is 0 Å². The molecule has 0 aromatic carbocycles. The Morgan fingerprint density at radius 1 is 1.25 bits per heavy atom. The summed E-state index contributed by atoms with van der Waals surface area (Å²) in [5.41, 5.74) is 4.91. The van der Waals surface area contributed by atoms with Crippen LogP contribution in [0.1, 0.15) is 34.7 Å². The molecule has 1 aromatic rings. The van der Waals surface area contributed by atoms with E-state index < -0.39 is 11.9 Å². The fourth-order valence-electron chi connectivity index (χ4n) is 1.04. The fourth-order valence-corrected chi connectivity index (χ4v) is 1.04. The van der Waals surface area contributed by atoms with Gasteiger partial charge in [0.2, 0.25) is 11.6 Å². The van der Waals surface area contributed by atoms with E-state index in [0.29, 0.717) is 0 Å². The van der Waals surface area contributed by atoms with E-state index in [1.54, 1.807) is 13.8 Å². The van der Waals surface area contributed by atoms with Crippen LogP contribution in [0.4, 0.5) is 5.88 Å². The van der Waals surface area contributed by atoms with E-state index in [2.05, 4.69) is 14.4 Å². The van der Waals surface area contributed by atoms with Gasteiger partial charge in [-0.25, -0.2) is 9.59 Å². The average Bonchev–Trinajstić information content (AvgIpc) is 2.61. The number of carbonyl (C=O) groups excluding carboxylic acids is 2. The summed E-state index contributed by atoms with van der Waals surface area (Å²) in [5.74, 6) is -1.79. The van der Waals surface area contributed by atoms with E-state index in [0.717, 1.165) is 0 Å². The van der Waals surface area contributed by atoms with Crippen molar-refractivity contribution in [3.8, 4) is 0 Å². The van der Waals surface area contributed by atoms with Crippen LogP contribution in [0.25, 0.3) is 0 Å². The quantitative estimate of drug-likeness (QED) is 0.752. The second-order valence-electron chi connectivity index (χ2n) is 2.71. The number of esters is 2. The Hall–Kier alpha value is -2.05. The number of carbonyl (C=O) groups is 2. The van der Waals surface area contributed by atoms with Gasteiger partial charge in [0.15, 0.2) is 5.56 Å². The van der Waals surface area contributed by atoms with E-state index in [-0.39, 0.29) is 30.4 Å². The highest BCUT2D eigenvalue weighted by Gasteiger charge is 2.28. The summed E-state index contributed by atoms with van der Waals surface area (Å²) >= 11 is 0. The molecule has 7 heteroatoms. The normalized spacial score (nSPS) is 9.88. The van der Waals surface area contributed by atoms with Crippen LogP contribution in [-0.2, 0) is 9.47 Å². The second kappa shape index (κ2) is 5.15. The zero-order valence-corrected chi connectivity index (χ0v) is 8.98. The van der Waals surface area contributed by atoms with Crippen molar-refractivity contribution in [2.45, 2.75) is 13.8 Å². The van der Waals surface area contributed by atoms with Crippen molar-refractivity contribution in [3.05, 3.63) is 11.3 Å². The molecule has 0 unspecified atom stereocenters. The standard InChI is InChI=1S/C9H12N2O5/c1-3-14-8(12)5-6(9(13)15-4-2)11-16-7(5)10/h3-4,10H2,1-2H3. The lowest BCUT2D eigenvalue weighted by Crippen LogP contribution is -2.14. The number of anilines is 1. The molecule has 88 valence electrons. The van der Waals surface area contributed by atoms with Crippen LogP contribution in [-0.4, -0.2) is 30.3 Å². The lowest BCUT2D eigenvalue weighted by molar-refractivity contribution is 0.0475. The van der Waals surface area contributed by atoms with Gasteiger partial charge in [-0.05, 0) is 13.8 Å². The van der Waals surface area contributed by atoms with Crippen molar-refractivity contribution < 1.29 is 23.6 Å². The summed E-state index contributed by atoms with van der Waals surface area (Å²) < 4.78 is 14.0. The first-order valence-electron chi connectivity index (χ1n) is 4.71. The largest absolute Gasteiger partial charge is 0.462 e. The molecule has 0 aliphatic carbocycles. The van der Waals surface area contributed by atoms with Gasteiger partial charge in [0, 0.05) is 0 Å². The second-order valence-corrected chi connectivity index (χ2v) is 2.71. The minimum Gasteiger partial charge on any atom is -0.462 e. The third-order valence-electron chi connectivity index (χ3n) is 1.67. The first-order chi connectivity index (χ1) is 7.61. The molecule has 1 aromatic heterocycles. The summed E-state index contributed by atoms with van der Waals surface area (Å²) in [6.07, 6.45) is 0. The molecule has 0 aliphatic rings. The van der Waals surface area contributed by atoms with Crippen LogP contribution in [0.3, 0.4) is 0 Å². The first kappa shape index (κ1) is 12.0. The monoisotopic (exact) mass is 228 g/mol. The Balaban J connectivity index is 3.02. The van der Waals surface area contributed by atoms with Crippen molar-refractivity contribution in [2.75, 3.05) is 18.9 Å². The SMILES string of the molecule is CCOC(=O)c1noc(N)c1C(=O)OCC. The maximum absolute atomic E-state index is 11.4. The highest BCUT2D eigenvalue weighted by atomic mass is 16.5. The molecule has 2 N–H and O–H groups in total. The molecule has 0 saturated heterocycles. The highest BCUT2D eigenvalue weighted by Crippen LogP contribution is 2.18. The van der Waals surface area contributed by atoms with E-state index in [4.69, 9.17) is 10.5 Å². The summed E-state index contributed by atoms with van der Waals surface area (Å²) in [4.78, 5) is 22.8. The fraction of sp³-hybridized carbons (Fsp3) is 0.444. The van der Waals surface area contributed by atoms with Crippen molar-refractivity contribution in [1.29, 1.82) is 0 Å². The minimum atomic E-state index is -0.772. The minimum absolute atomic E-state index is 0.158. The number of nitrogen functional groups attached to an aromatic ring is 1. The third-order valence-corrected chi connectivity index (χ3v) is 1.67. The average molecular weight is 228 g/mol. The third kappa shape index (κ3) is 2.30. The zero-order chi connectivity index (χ0) is 12.1. The van der Waals surface area contributed by atoms with Gasteiger partial charge in [-0.3, -0.25) is 0 Å². The van der Waals surface area contributed by atoms with Crippen LogP contribution >= 0.6 is 0 Å². The molecular formula is C9H12N2O5. The molecule has 0 fully saturated rings. The maximum atomic E-state index is 11.4. The topological polar surface area (TPSA) is 105 Å². The molecular weight excluding hydrogens is 216 g/mol. The number of hydrogen-bond acceptors (Lipinski definition) is 7. The molecule has 0 aliphatic heterocycles. The van der Waals surface area contributed by atoms with Crippen molar-refractivity contribution in [3.63, 3.8) is 0 Å². The Labute approximate surface area is 91.5 Å². The summed E-state index contributed by atoms with van der Waals surface area (Å²) in [7, 11) is 0. The number of aromatic nitrogens is 1. The number of nitrogens with zero attached hydrogens (tertiary/aromatic N) is 1. The van der Waals surface area contributed by atoms with Gasteiger partial charge in [0.05, 0.1) is 13.2 Å². The Bertz CT molecular complexity index is 399. The number of rotatable bonds is 4. The van der Waals surface area contributed by atoms with E-state index in [9.17, 15) is 9.59 Å². The first-order valence-corrected chi connectivity index (χ1v) is 4.71. The van der Waals surface area contributed by atoms with E-state index in [1.165, 1.54) is 0 Å². The van der Waals surface area contributed by atoms with Crippen LogP contribution in [0.2, 0.25) is 0 Å². The number of ether oxygens (including phenoxy) is 2. The molecule has 0 atom stereocenters. The van der Waals surface area contributed by atoms with E-state index >= 15 is 0 Å². The van der Waals surface area contributed by atoms with Crippen LogP contribution in [0.5, 0.6) is 0 Å². The molecule has 0 radical (unpaired) electrons. The van der Waals surface area contributed by atoms with Gasteiger partial charge >= 0.3 is 11.9 Å². The Morgan fingerprint density at radius 3 is 2.38 bits per heavy atom. The number of hydrogen-bond donors (Lipinski definition) is 1. The predicted octanol–water partition coefficient (Wildman–Crippen LogP) is 0.610. The summed E-state index contributed by atoms with van der Waals surface area (Å²) in [6, 6.07) is 0. The molecule has 7 nitrogen and oxygen atoms in total. The maximum Gasteiger partial charge on any atom is 0.361 e. The van der Waals surface area contributed by atoms with Gasteiger partial charge in [-0.2, -0.15) is 0 Å². The zero-order valence-electron chi connectivity index (χ0n) is 8.98. The molecule has 1 heterocycles. The van der Waals surface area contributed by atoms with Crippen LogP contribution in [0.15, 0.2) is 4.52 Å². The smallest absolute Gasteiger partial charge is 0.361 e. The van der Waals surface area contributed by atoms with Crippen LogP contribution < -0.4 is 5.73 Å². The van der Waals surface area contributed by atoms with Gasteiger partial charge in [-0.1, -0.05) is 5.16 Å². The Morgan fingerprint density at radius 2 is 1.81 bits per heavy atom. The molecule has 0 spiro atoms. The van der Waals surface area contributed by atoms with Gasteiger partial charge < -0.3 is 19.7 Å². The highest BCUT2D eigenvalue weighted by molar-refractivity contribution is 6.04. The Kier molecular flexibility index (Phi) is 3.87. The van der Waals surface area contributed by atoms with Crippen molar-refractivity contribution >= 4 is 17.8 Å². The van der Waals surface area contributed by atoms with E-state index in [1.807, 2.05) is 0 Å². The lowest BCUT2D eigenvalue weighted by Gasteiger charge is -2.01. The van der Waals surface area contributed by atoms with Gasteiger partial charge in [0.1, 0.15) is 0 Å². The van der Waals surface area contributed by atoms with Gasteiger partial charge in [-0.15, -0.1) is 0 Å². The van der Waals surface area contributed by atoms with Crippen LogP contribution in [0, 0.1) is 0 Å².